The van der Waals surface area contributed by atoms with Crippen molar-refractivity contribution in [2.24, 2.45) is 0 Å². The molecule has 0 saturated heterocycles. The van der Waals surface area contributed by atoms with Gasteiger partial charge in [0.05, 0.1) is 25.7 Å². The summed E-state index contributed by atoms with van der Waals surface area (Å²) >= 11 is 0. The van der Waals surface area contributed by atoms with E-state index in [1.807, 2.05) is 13.0 Å². The fourth-order valence-corrected chi connectivity index (χ4v) is 2.79. The van der Waals surface area contributed by atoms with Gasteiger partial charge in [-0.15, -0.1) is 0 Å². The largest absolute Gasteiger partial charge is 1.00 e. The topological polar surface area (TPSA) is 127 Å². The van der Waals surface area contributed by atoms with E-state index in [1.54, 1.807) is 6.08 Å². The molecule has 144 valence electrons. The summed E-state index contributed by atoms with van der Waals surface area (Å²) in [4.78, 5) is 34.6. The molecule has 0 fully saturated rings. The van der Waals surface area contributed by atoms with E-state index < -0.39 is 28.5 Å². The number of nitrogens with zero attached hydrogens (tertiary/aromatic N) is 1. The predicted molar refractivity (Wildman–Crippen MR) is 90.3 cm³/mol. The second kappa shape index (κ2) is 13.8. The zero-order valence-electron chi connectivity index (χ0n) is 16.2. The Morgan fingerprint density at radius 1 is 1.15 bits per heavy atom. The van der Waals surface area contributed by atoms with Gasteiger partial charge in [-0.1, -0.05) is 25.5 Å². The van der Waals surface area contributed by atoms with Crippen LogP contribution in [0.2, 0.25) is 0 Å². The van der Waals surface area contributed by atoms with Gasteiger partial charge in [0.25, 0.3) is 0 Å². The van der Waals surface area contributed by atoms with Gasteiger partial charge in [0, 0.05) is 6.42 Å². The molecule has 9 heteroatoms. The van der Waals surface area contributed by atoms with Crippen molar-refractivity contribution in [3.63, 3.8) is 0 Å². The van der Waals surface area contributed by atoms with E-state index in [0.717, 1.165) is 12.8 Å². The maximum atomic E-state index is 11.8. The Balaban J connectivity index is 0. The van der Waals surface area contributed by atoms with Gasteiger partial charge in [0.2, 0.25) is 5.91 Å². The number of nitrogens with one attached hydrogen (secondary N) is 1. The first kappa shape index (κ1) is 26.9. The molecule has 3 unspecified atom stereocenters. The first-order valence-electron chi connectivity index (χ1n) is 8.55. The standard InChI is InChI=1S/C17H30N2O6.Li/c1-4-5-6-7-8-15(21)18-9-10-19(11-12-20,13(2)16(22)23)14(3)17(24)25;/h6-7,13-14,20H,4-5,8-12H2,1-3H3,(H2-,18,21,22,23,24,25);/q;+1/b7-6+;. The number of amides is 1. The van der Waals surface area contributed by atoms with Crippen LogP contribution in [0.25, 0.3) is 0 Å². The Morgan fingerprint density at radius 3 is 2.23 bits per heavy atom. The summed E-state index contributed by atoms with van der Waals surface area (Å²) < 4.78 is -0.403. The Morgan fingerprint density at radius 2 is 1.77 bits per heavy atom. The molecule has 0 bridgehead atoms. The van der Waals surface area contributed by atoms with Gasteiger partial charge in [-0.25, -0.2) is 4.79 Å². The van der Waals surface area contributed by atoms with Crippen LogP contribution in [0.5, 0.6) is 0 Å². The second-order valence-electron chi connectivity index (χ2n) is 6.10. The Hall–Kier alpha value is -1.33. The van der Waals surface area contributed by atoms with E-state index in [2.05, 4.69) is 5.32 Å². The maximum Gasteiger partial charge on any atom is 1.00 e. The quantitative estimate of drug-likeness (QED) is 0.175. The van der Waals surface area contributed by atoms with Crippen LogP contribution in [-0.2, 0) is 14.4 Å². The van der Waals surface area contributed by atoms with E-state index >= 15 is 0 Å². The fourth-order valence-electron chi connectivity index (χ4n) is 2.79. The summed E-state index contributed by atoms with van der Waals surface area (Å²) in [7, 11) is 0. The molecule has 0 spiro atoms. The SMILES string of the molecule is CCC/C=C/CC(=O)NCC[N+](CCO)(C(C)C(=O)[O-])C(C)C(=O)O.[Li+]. The number of unbranched alkanes of at least 4 members (excludes halogenated alkanes) is 1. The molecule has 8 nitrogen and oxygen atoms in total. The van der Waals surface area contributed by atoms with Crippen LogP contribution in [0.4, 0.5) is 0 Å². The minimum absolute atomic E-state index is 0. The minimum atomic E-state index is -1.39. The van der Waals surface area contributed by atoms with E-state index in [1.165, 1.54) is 13.8 Å². The van der Waals surface area contributed by atoms with Crippen molar-refractivity contribution in [1.82, 2.24) is 5.32 Å². The number of carbonyl (C=O) groups is 3. The summed E-state index contributed by atoms with van der Waals surface area (Å²) in [6.07, 6.45) is 5.77. The number of carbonyl (C=O) groups excluding carboxylic acids is 2. The molecular formula is C17H30LiN2O6+. The summed E-state index contributed by atoms with van der Waals surface area (Å²) in [5.41, 5.74) is 0. The maximum absolute atomic E-state index is 11.8. The summed E-state index contributed by atoms with van der Waals surface area (Å²) in [5, 5.41) is 32.7. The Labute approximate surface area is 167 Å². The number of aliphatic carboxylic acids is 2. The van der Waals surface area contributed by atoms with Gasteiger partial charge in [0.1, 0.15) is 12.6 Å². The van der Waals surface area contributed by atoms with Crippen molar-refractivity contribution in [2.75, 3.05) is 26.2 Å². The monoisotopic (exact) mass is 365 g/mol. The van der Waals surface area contributed by atoms with Crippen LogP contribution in [0.1, 0.15) is 40.0 Å². The number of aliphatic hydroxyl groups excluding tert-OH is 1. The van der Waals surface area contributed by atoms with Gasteiger partial charge in [-0.05, 0) is 20.3 Å². The van der Waals surface area contributed by atoms with Crippen molar-refractivity contribution in [3.8, 4) is 0 Å². The van der Waals surface area contributed by atoms with Crippen LogP contribution in [0.3, 0.4) is 0 Å². The molecule has 1 amide bonds. The summed E-state index contributed by atoms with van der Waals surface area (Å²) in [6, 6.07) is -2.21. The summed E-state index contributed by atoms with van der Waals surface area (Å²) in [6.45, 7) is 4.53. The van der Waals surface area contributed by atoms with Crippen LogP contribution >= 0.6 is 0 Å². The minimum Gasteiger partial charge on any atom is -0.544 e. The number of carboxylic acid groups (broad SMARTS) is 2. The van der Waals surface area contributed by atoms with Crippen molar-refractivity contribution in [3.05, 3.63) is 12.2 Å². The van der Waals surface area contributed by atoms with E-state index in [9.17, 15) is 29.7 Å². The molecule has 0 heterocycles. The van der Waals surface area contributed by atoms with Gasteiger partial charge in [-0.3, -0.25) is 4.79 Å². The molecule has 26 heavy (non-hydrogen) atoms. The first-order valence-corrected chi connectivity index (χ1v) is 8.55. The molecule has 0 aromatic carbocycles. The number of aliphatic hydroxyl groups is 1. The van der Waals surface area contributed by atoms with Crippen molar-refractivity contribution in [2.45, 2.75) is 52.1 Å². The van der Waals surface area contributed by atoms with Crippen LogP contribution in [0.15, 0.2) is 12.2 Å². The molecule has 3 N–H and O–H groups in total. The van der Waals surface area contributed by atoms with Crippen molar-refractivity contribution >= 4 is 17.8 Å². The number of carboxylic acids is 2. The average molecular weight is 365 g/mol. The third-order valence-electron chi connectivity index (χ3n) is 4.53. The molecule has 0 aliphatic carbocycles. The molecule has 0 radical (unpaired) electrons. The average Bonchev–Trinajstić information content (AvgIpc) is 2.56. The Bertz CT molecular complexity index is 464. The normalized spacial score (nSPS) is 15.5. The number of hydrogen-bond donors (Lipinski definition) is 3. The molecule has 0 rings (SSSR count). The van der Waals surface area contributed by atoms with Crippen molar-refractivity contribution in [1.29, 1.82) is 0 Å². The number of allylic oxidation sites excluding steroid dienone is 1. The van der Waals surface area contributed by atoms with Gasteiger partial charge in [0.15, 0.2) is 6.04 Å². The second-order valence-corrected chi connectivity index (χ2v) is 6.10. The molecule has 0 aliphatic heterocycles. The summed E-state index contributed by atoms with van der Waals surface area (Å²) in [5.74, 6) is -2.79. The first-order chi connectivity index (χ1) is 11.7. The van der Waals surface area contributed by atoms with Gasteiger partial charge < -0.3 is 29.9 Å². The number of quaternary nitrogens is 1. The predicted octanol–water partition coefficient (Wildman–Crippen LogP) is -3.73. The molecule has 0 aromatic heterocycles. The van der Waals surface area contributed by atoms with Crippen LogP contribution in [0, 0.1) is 0 Å². The molecule has 0 aromatic rings. The molecular weight excluding hydrogens is 335 g/mol. The number of rotatable bonds is 13. The molecule has 3 atom stereocenters. The van der Waals surface area contributed by atoms with Crippen LogP contribution in [-0.4, -0.2) is 70.9 Å². The zero-order valence-corrected chi connectivity index (χ0v) is 16.2. The van der Waals surface area contributed by atoms with E-state index in [4.69, 9.17) is 0 Å². The third kappa shape index (κ3) is 8.37. The van der Waals surface area contributed by atoms with Crippen LogP contribution < -0.4 is 29.3 Å². The fraction of sp³-hybridized carbons (Fsp3) is 0.706. The number of hydrogen-bond acceptors (Lipinski definition) is 5. The van der Waals surface area contributed by atoms with Crippen molar-refractivity contribution < 1.29 is 53.0 Å². The van der Waals surface area contributed by atoms with Gasteiger partial charge >= 0.3 is 24.8 Å². The smallest absolute Gasteiger partial charge is 0.544 e. The van der Waals surface area contributed by atoms with E-state index in [-0.39, 0.29) is 57.4 Å². The van der Waals surface area contributed by atoms with Gasteiger partial charge in [-0.2, -0.15) is 0 Å². The zero-order chi connectivity index (χ0) is 19.5. The Kier molecular flexibility index (Phi) is 14.3. The van der Waals surface area contributed by atoms with E-state index in [0.29, 0.717) is 0 Å². The molecule has 0 saturated carbocycles. The molecule has 0 aliphatic rings. The third-order valence-corrected chi connectivity index (χ3v) is 4.53.